The molecule has 3 nitrogen and oxygen atoms in total. The van der Waals surface area contributed by atoms with Crippen molar-refractivity contribution in [3.63, 3.8) is 0 Å². The average Bonchev–Trinajstić information content (AvgIpc) is 2.61. The molecule has 0 spiro atoms. The maximum atomic E-state index is 13.0. The minimum Gasteiger partial charge on any atom is -0.481 e. The molecule has 2 atom stereocenters. The van der Waals surface area contributed by atoms with Gasteiger partial charge in [0.15, 0.2) is 0 Å². The molecule has 1 aliphatic rings. The van der Waals surface area contributed by atoms with Gasteiger partial charge in [-0.3, -0.25) is 9.78 Å². The van der Waals surface area contributed by atoms with Gasteiger partial charge in [0.25, 0.3) is 0 Å². The number of pyridine rings is 1. The number of carboxylic acids is 1. The Morgan fingerprint density at radius 1 is 1.65 bits per heavy atom. The second-order valence-electron chi connectivity index (χ2n) is 5.12. The molecule has 2 unspecified atom stereocenters. The number of rotatable bonds is 3. The summed E-state index contributed by atoms with van der Waals surface area (Å²) in [5, 5.41) is 9.40. The number of halogens is 1. The highest BCUT2D eigenvalue weighted by Gasteiger charge is 2.44. The molecule has 0 amide bonds. The maximum Gasteiger partial charge on any atom is 0.309 e. The van der Waals surface area contributed by atoms with E-state index in [1.165, 1.54) is 6.07 Å². The minimum atomic E-state index is -0.772. The SMILES string of the molecule is CC1CCC(Cc2cncc(F)c2)(C(=O)O)C1. The van der Waals surface area contributed by atoms with E-state index in [4.69, 9.17) is 0 Å². The third-order valence-corrected chi connectivity index (χ3v) is 3.61. The summed E-state index contributed by atoms with van der Waals surface area (Å²) in [6, 6.07) is 1.38. The minimum absolute atomic E-state index is 0.372. The van der Waals surface area contributed by atoms with E-state index in [1.54, 1.807) is 6.20 Å². The topological polar surface area (TPSA) is 50.2 Å². The molecule has 2 rings (SSSR count). The maximum absolute atomic E-state index is 13.0. The molecule has 1 heterocycles. The van der Waals surface area contributed by atoms with Gasteiger partial charge in [-0.25, -0.2) is 4.39 Å². The van der Waals surface area contributed by atoms with Crippen molar-refractivity contribution in [2.45, 2.75) is 32.6 Å². The molecule has 0 saturated heterocycles. The predicted molar refractivity (Wildman–Crippen MR) is 61.0 cm³/mol. The van der Waals surface area contributed by atoms with Crippen LogP contribution in [0.1, 0.15) is 31.7 Å². The largest absolute Gasteiger partial charge is 0.481 e. The molecular formula is C13H16FNO2. The highest BCUT2D eigenvalue weighted by atomic mass is 19.1. The lowest BCUT2D eigenvalue weighted by Crippen LogP contribution is -2.30. The van der Waals surface area contributed by atoms with Crippen LogP contribution in [0.5, 0.6) is 0 Å². The van der Waals surface area contributed by atoms with E-state index >= 15 is 0 Å². The van der Waals surface area contributed by atoms with Gasteiger partial charge >= 0.3 is 5.97 Å². The van der Waals surface area contributed by atoms with Crippen LogP contribution < -0.4 is 0 Å². The van der Waals surface area contributed by atoms with E-state index in [0.29, 0.717) is 30.7 Å². The van der Waals surface area contributed by atoms with Crippen molar-refractivity contribution < 1.29 is 14.3 Å². The smallest absolute Gasteiger partial charge is 0.309 e. The van der Waals surface area contributed by atoms with E-state index in [9.17, 15) is 14.3 Å². The number of aliphatic carboxylic acids is 1. The Morgan fingerprint density at radius 3 is 2.94 bits per heavy atom. The molecule has 1 aromatic heterocycles. The molecule has 0 bridgehead atoms. The molecule has 1 aliphatic carbocycles. The summed E-state index contributed by atoms with van der Waals surface area (Å²) in [6.45, 7) is 2.06. The van der Waals surface area contributed by atoms with Crippen molar-refractivity contribution in [1.29, 1.82) is 0 Å². The van der Waals surface area contributed by atoms with Crippen molar-refractivity contribution in [2.75, 3.05) is 0 Å². The summed E-state index contributed by atoms with van der Waals surface area (Å²) in [5.74, 6) is -0.757. The summed E-state index contributed by atoms with van der Waals surface area (Å²) < 4.78 is 13.0. The first kappa shape index (κ1) is 12.0. The summed E-state index contributed by atoms with van der Waals surface area (Å²) in [7, 11) is 0. The van der Waals surface area contributed by atoms with Crippen LogP contribution in [0.15, 0.2) is 18.5 Å². The molecule has 4 heteroatoms. The Morgan fingerprint density at radius 2 is 2.41 bits per heavy atom. The molecule has 1 aromatic rings. The zero-order valence-electron chi connectivity index (χ0n) is 9.82. The first-order chi connectivity index (χ1) is 8.02. The summed E-state index contributed by atoms with van der Waals surface area (Å²) in [4.78, 5) is 15.2. The standard InChI is InChI=1S/C13H16FNO2/c1-9-2-3-13(5-9,12(16)17)6-10-4-11(14)8-15-7-10/h4,7-9H,2-3,5-6H2,1H3,(H,16,17). The van der Waals surface area contributed by atoms with Crippen LogP contribution in [0.2, 0.25) is 0 Å². The van der Waals surface area contributed by atoms with Gasteiger partial charge in [-0.05, 0) is 43.2 Å². The Bertz CT molecular complexity index is 435. The van der Waals surface area contributed by atoms with Gasteiger partial charge in [0.05, 0.1) is 11.6 Å². The zero-order chi connectivity index (χ0) is 12.5. The first-order valence-corrected chi connectivity index (χ1v) is 5.85. The Balaban J connectivity index is 2.22. The molecular weight excluding hydrogens is 221 g/mol. The molecule has 92 valence electrons. The summed E-state index contributed by atoms with van der Waals surface area (Å²) in [5.41, 5.74) is -0.0592. The van der Waals surface area contributed by atoms with Gasteiger partial charge in [0, 0.05) is 6.20 Å². The number of nitrogens with zero attached hydrogens (tertiary/aromatic N) is 1. The van der Waals surface area contributed by atoms with Crippen molar-refractivity contribution in [3.8, 4) is 0 Å². The second-order valence-corrected chi connectivity index (χ2v) is 5.12. The number of carboxylic acid groups (broad SMARTS) is 1. The lowest BCUT2D eigenvalue weighted by Gasteiger charge is -2.24. The molecule has 0 aliphatic heterocycles. The molecule has 17 heavy (non-hydrogen) atoms. The van der Waals surface area contributed by atoms with Gasteiger partial charge in [0.1, 0.15) is 5.82 Å². The number of aromatic nitrogens is 1. The summed E-state index contributed by atoms with van der Waals surface area (Å²) >= 11 is 0. The quantitative estimate of drug-likeness (QED) is 0.879. The summed E-state index contributed by atoms with van der Waals surface area (Å²) in [6.07, 6.45) is 5.32. The number of carbonyl (C=O) groups is 1. The van der Waals surface area contributed by atoms with Crippen LogP contribution in [0, 0.1) is 17.2 Å². The second kappa shape index (κ2) is 4.43. The van der Waals surface area contributed by atoms with Crippen LogP contribution in [-0.4, -0.2) is 16.1 Å². The van der Waals surface area contributed by atoms with E-state index in [0.717, 1.165) is 12.6 Å². The molecule has 1 fully saturated rings. The normalized spacial score (nSPS) is 28.2. The van der Waals surface area contributed by atoms with E-state index < -0.39 is 17.2 Å². The van der Waals surface area contributed by atoms with Crippen LogP contribution in [-0.2, 0) is 11.2 Å². The van der Waals surface area contributed by atoms with Gasteiger partial charge in [-0.1, -0.05) is 6.92 Å². The Kier molecular flexibility index (Phi) is 3.13. The Hall–Kier alpha value is -1.45. The van der Waals surface area contributed by atoms with Crippen LogP contribution in [0.4, 0.5) is 4.39 Å². The zero-order valence-corrected chi connectivity index (χ0v) is 9.82. The lowest BCUT2D eigenvalue weighted by molar-refractivity contribution is -0.148. The molecule has 0 radical (unpaired) electrons. The van der Waals surface area contributed by atoms with Crippen molar-refractivity contribution in [3.05, 3.63) is 29.8 Å². The van der Waals surface area contributed by atoms with Crippen LogP contribution in [0.3, 0.4) is 0 Å². The molecule has 1 N–H and O–H groups in total. The average molecular weight is 237 g/mol. The fourth-order valence-corrected chi connectivity index (χ4v) is 2.77. The lowest BCUT2D eigenvalue weighted by atomic mass is 9.80. The van der Waals surface area contributed by atoms with Crippen molar-refractivity contribution in [1.82, 2.24) is 4.98 Å². The van der Waals surface area contributed by atoms with Gasteiger partial charge in [0.2, 0.25) is 0 Å². The van der Waals surface area contributed by atoms with Gasteiger partial charge < -0.3 is 5.11 Å². The fraction of sp³-hybridized carbons (Fsp3) is 0.538. The van der Waals surface area contributed by atoms with E-state index in [2.05, 4.69) is 11.9 Å². The third-order valence-electron chi connectivity index (χ3n) is 3.61. The van der Waals surface area contributed by atoms with E-state index in [1.807, 2.05) is 0 Å². The number of hydrogen-bond donors (Lipinski definition) is 1. The highest BCUT2D eigenvalue weighted by molar-refractivity contribution is 5.75. The van der Waals surface area contributed by atoms with Gasteiger partial charge in [-0.2, -0.15) is 0 Å². The van der Waals surface area contributed by atoms with Gasteiger partial charge in [-0.15, -0.1) is 0 Å². The molecule has 1 saturated carbocycles. The monoisotopic (exact) mass is 237 g/mol. The van der Waals surface area contributed by atoms with Crippen LogP contribution in [0.25, 0.3) is 0 Å². The highest BCUT2D eigenvalue weighted by Crippen LogP contribution is 2.44. The van der Waals surface area contributed by atoms with Crippen molar-refractivity contribution in [2.24, 2.45) is 11.3 Å². The predicted octanol–water partition coefficient (Wildman–Crippen LogP) is 2.65. The third kappa shape index (κ3) is 2.46. The van der Waals surface area contributed by atoms with Crippen LogP contribution >= 0.6 is 0 Å². The first-order valence-electron chi connectivity index (χ1n) is 5.85. The fourth-order valence-electron chi connectivity index (χ4n) is 2.77. The van der Waals surface area contributed by atoms with E-state index in [-0.39, 0.29) is 0 Å². The van der Waals surface area contributed by atoms with Crippen molar-refractivity contribution >= 4 is 5.97 Å². The Labute approximate surface area is 99.7 Å². The molecule has 0 aromatic carbocycles. The number of hydrogen-bond acceptors (Lipinski definition) is 2.